The van der Waals surface area contributed by atoms with Gasteiger partial charge in [-0.25, -0.2) is 9.36 Å². The monoisotopic (exact) mass is 614 g/mol. The van der Waals surface area contributed by atoms with E-state index in [0.29, 0.717) is 17.6 Å². The number of likely N-dealkylation sites (N-methyl/N-ethyl adjacent to an activating group) is 1. The highest BCUT2D eigenvalue weighted by atomic mass is 31.2. The van der Waals surface area contributed by atoms with E-state index < -0.39 is 20.0 Å². The zero-order valence-corrected chi connectivity index (χ0v) is 27.9. The molecule has 0 aliphatic heterocycles. The van der Waals surface area contributed by atoms with Crippen LogP contribution in [0.25, 0.3) is 0 Å². The summed E-state index contributed by atoms with van der Waals surface area (Å²) in [4.78, 5) is 24.0. The Bertz CT molecular complexity index is 852. The second kappa shape index (κ2) is 23.0. The zero-order chi connectivity index (χ0) is 31.1. The van der Waals surface area contributed by atoms with E-state index in [1.807, 2.05) is 51.5 Å². The predicted molar refractivity (Wildman–Crippen MR) is 171 cm³/mol. The number of rotatable bonds is 27. The van der Waals surface area contributed by atoms with Gasteiger partial charge in [0.1, 0.15) is 19.3 Å². The van der Waals surface area contributed by atoms with Gasteiger partial charge in [-0.2, -0.15) is 0 Å². The Morgan fingerprint density at radius 3 is 1.90 bits per heavy atom. The Morgan fingerprint density at radius 2 is 1.40 bits per heavy atom. The summed E-state index contributed by atoms with van der Waals surface area (Å²) in [7, 11) is 1.54. The van der Waals surface area contributed by atoms with Crippen molar-refractivity contribution in [3.8, 4) is 0 Å². The van der Waals surface area contributed by atoms with Crippen LogP contribution in [0, 0.1) is 0 Å². The number of unbranched alkanes of at least 4 members (excludes halogenated alkanes) is 13. The highest BCUT2D eigenvalue weighted by Gasteiger charge is 2.30. The van der Waals surface area contributed by atoms with E-state index in [1.165, 1.54) is 81.9 Å². The van der Waals surface area contributed by atoms with E-state index in [1.54, 1.807) is 0 Å². The minimum absolute atomic E-state index is 0.00616. The van der Waals surface area contributed by atoms with Crippen LogP contribution in [0.3, 0.4) is 0 Å². The molecule has 0 spiro atoms. The van der Waals surface area contributed by atoms with Gasteiger partial charge in [0.2, 0.25) is 0 Å². The summed E-state index contributed by atoms with van der Waals surface area (Å²) in [5.74, 6) is 0. The summed E-state index contributed by atoms with van der Waals surface area (Å²) in [6.07, 6.45) is 17.1. The Hall–Kier alpha value is -1.48. The minimum Gasteiger partial charge on any atom is -0.379 e. The molecule has 1 aromatic carbocycles. The first-order valence-corrected chi connectivity index (χ1v) is 17.6. The maximum absolute atomic E-state index is 12.7. The Balaban J connectivity index is 2.41. The second-order valence-electron chi connectivity index (χ2n) is 12.4. The molecule has 2 amide bonds. The molecule has 0 bridgehead atoms. The van der Waals surface area contributed by atoms with Gasteiger partial charge in [-0.15, -0.1) is 0 Å². The molecule has 0 heterocycles. The van der Waals surface area contributed by atoms with Crippen molar-refractivity contribution in [3.05, 3.63) is 35.9 Å². The standard InChI is InChI=1S/C32H60N3O6P/c1-5-6-7-8-9-10-11-12-13-14-15-16-17-21-25-39-29-31(41-42(37,38)40-26-24-35(2,3)4)28-34(32(33)36)27-30-22-19-18-20-23-30/h18-20,22-23,31H,5-17,21,24-29H2,1-4H3,(H2-,33,36,37,38)/p+1. The van der Waals surface area contributed by atoms with Crippen molar-refractivity contribution in [1.82, 2.24) is 4.90 Å². The van der Waals surface area contributed by atoms with Gasteiger partial charge >= 0.3 is 13.9 Å². The fourth-order valence-corrected chi connectivity index (χ4v) is 5.54. The van der Waals surface area contributed by atoms with Crippen molar-refractivity contribution < 1.29 is 32.5 Å². The number of nitrogens with two attached hydrogens (primary N) is 1. The van der Waals surface area contributed by atoms with Crippen molar-refractivity contribution >= 4 is 13.9 Å². The van der Waals surface area contributed by atoms with Crippen LogP contribution in [0.4, 0.5) is 4.79 Å². The summed E-state index contributed by atoms with van der Waals surface area (Å²) in [5, 5.41) is 0. The molecule has 0 aliphatic rings. The van der Waals surface area contributed by atoms with Crippen LogP contribution in [0.15, 0.2) is 30.3 Å². The number of hydrogen-bond donors (Lipinski definition) is 2. The first kappa shape index (κ1) is 38.5. The van der Waals surface area contributed by atoms with Crippen molar-refractivity contribution in [2.45, 2.75) is 109 Å². The number of phosphoric ester groups is 1. The van der Waals surface area contributed by atoms with Crippen LogP contribution in [0.2, 0.25) is 0 Å². The molecular weight excluding hydrogens is 553 g/mol. The van der Waals surface area contributed by atoms with Crippen LogP contribution < -0.4 is 5.73 Å². The molecule has 2 atom stereocenters. The van der Waals surface area contributed by atoms with Crippen molar-refractivity contribution in [2.24, 2.45) is 5.73 Å². The number of hydrogen-bond acceptors (Lipinski definition) is 5. The molecule has 0 aromatic heterocycles. The number of urea groups is 1. The Labute approximate surface area is 256 Å². The molecule has 0 saturated carbocycles. The van der Waals surface area contributed by atoms with E-state index in [-0.39, 0.29) is 26.3 Å². The van der Waals surface area contributed by atoms with Gasteiger partial charge in [-0.3, -0.25) is 9.05 Å². The Morgan fingerprint density at radius 1 is 0.881 bits per heavy atom. The van der Waals surface area contributed by atoms with E-state index in [9.17, 15) is 14.3 Å². The highest BCUT2D eigenvalue weighted by Crippen LogP contribution is 2.44. The lowest BCUT2D eigenvalue weighted by atomic mass is 10.0. The maximum Gasteiger partial charge on any atom is 0.472 e. The molecule has 42 heavy (non-hydrogen) atoms. The molecule has 10 heteroatoms. The van der Waals surface area contributed by atoms with Crippen LogP contribution in [0.5, 0.6) is 0 Å². The topological polar surface area (TPSA) is 111 Å². The van der Waals surface area contributed by atoms with Crippen LogP contribution in [-0.2, 0) is 24.9 Å². The fraction of sp³-hybridized carbons (Fsp3) is 0.781. The summed E-state index contributed by atoms with van der Waals surface area (Å²) in [6.45, 7) is 3.70. The van der Waals surface area contributed by atoms with Crippen molar-refractivity contribution in [2.75, 3.05) is 54.1 Å². The molecular formula is C32H61N3O6P+. The zero-order valence-electron chi connectivity index (χ0n) is 27.0. The van der Waals surface area contributed by atoms with Gasteiger partial charge in [0.05, 0.1) is 34.3 Å². The number of quaternary nitrogens is 1. The average molecular weight is 615 g/mol. The molecule has 2 unspecified atom stereocenters. The van der Waals surface area contributed by atoms with Gasteiger partial charge < -0.3 is 24.7 Å². The second-order valence-corrected chi connectivity index (χ2v) is 13.8. The fourth-order valence-electron chi connectivity index (χ4n) is 4.66. The van der Waals surface area contributed by atoms with Gasteiger partial charge in [0, 0.05) is 13.2 Å². The molecule has 0 radical (unpaired) electrons. The molecule has 1 rings (SSSR count). The summed E-state index contributed by atoms with van der Waals surface area (Å²) >= 11 is 0. The molecule has 1 aromatic rings. The lowest BCUT2D eigenvalue weighted by Gasteiger charge is -2.28. The Kier molecular flexibility index (Phi) is 21.1. The molecule has 0 aliphatic carbocycles. The number of benzene rings is 1. The molecule has 0 saturated heterocycles. The van der Waals surface area contributed by atoms with E-state index >= 15 is 0 Å². The first-order chi connectivity index (χ1) is 20.0. The lowest BCUT2D eigenvalue weighted by molar-refractivity contribution is -0.870. The first-order valence-electron chi connectivity index (χ1n) is 16.1. The maximum atomic E-state index is 12.7. The number of nitrogens with zero attached hydrogens (tertiary/aromatic N) is 2. The van der Waals surface area contributed by atoms with Gasteiger partial charge in [0.15, 0.2) is 0 Å². The van der Waals surface area contributed by atoms with Crippen LogP contribution in [-0.4, -0.2) is 80.5 Å². The summed E-state index contributed by atoms with van der Waals surface area (Å²) < 4.78 is 29.8. The average Bonchev–Trinajstić information content (AvgIpc) is 2.91. The number of phosphoric acid groups is 1. The SMILES string of the molecule is CCCCCCCCCCCCCCCCOCC(CN(Cc1ccccc1)C(N)=O)OP(=O)(O)OCC[N+](C)(C)C. The van der Waals surface area contributed by atoms with Gasteiger partial charge in [-0.1, -0.05) is 121 Å². The highest BCUT2D eigenvalue weighted by molar-refractivity contribution is 7.47. The molecule has 3 N–H and O–H groups in total. The lowest BCUT2D eigenvalue weighted by Crippen LogP contribution is -2.42. The van der Waals surface area contributed by atoms with E-state index in [0.717, 1.165) is 18.4 Å². The summed E-state index contributed by atoms with van der Waals surface area (Å²) in [6, 6.07) is 8.80. The van der Waals surface area contributed by atoms with E-state index in [2.05, 4.69) is 6.92 Å². The van der Waals surface area contributed by atoms with E-state index in [4.69, 9.17) is 19.5 Å². The number of ether oxygens (including phenoxy) is 1. The number of amides is 2. The predicted octanol–water partition coefficient (Wildman–Crippen LogP) is 7.27. The van der Waals surface area contributed by atoms with Gasteiger partial charge in [-0.05, 0) is 12.0 Å². The van der Waals surface area contributed by atoms with Crippen LogP contribution in [0.1, 0.15) is 102 Å². The number of primary amides is 1. The van der Waals surface area contributed by atoms with Crippen molar-refractivity contribution in [3.63, 3.8) is 0 Å². The van der Waals surface area contributed by atoms with Crippen LogP contribution >= 0.6 is 7.82 Å². The summed E-state index contributed by atoms with van der Waals surface area (Å²) in [5.41, 5.74) is 6.53. The quantitative estimate of drug-likeness (QED) is 0.0612. The van der Waals surface area contributed by atoms with Crippen molar-refractivity contribution in [1.29, 1.82) is 0 Å². The molecule has 0 fully saturated rings. The minimum atomic E-state index is -4.36. The number of carbonyl (C=O) groups is 1. The van der Waals surface area contributed by atoms with Gasteiger partial charge in [0.25, 0.3) is 0 Å². The third-order valence-corrected chi connectivity index (χ3v) is 8.27. The molecule has 244 valence electrons. The third-order valence-electron chi connectivity index (χ3n) is 7.20. The molecule has 9 nitrogen and oxygen atoms in total. The third kappa shape index (κ3) is 22.1. The normalized spacial score (nSPS) is 14.0. The largest absolute Gasteiger partial charge is 0.472 e. The smallest absolute Gasteiger partial charge is 0.379 e. The number of carbonyl (C=O) groups excluding carboxylic acids is 1.